The first-order valence-corrected chi connectivity index (χ1v) is 11.5. The second kappa shape index (κ2) is 10.8. The van der Waals surface area contributed by atoms with Crippen LogP contribution in [0.1, 0.15) is 34.9 Å². The topological polar surface area (TPSA) is 103 Å². The Morgan fingerprint density at radius 1 is 1.13 bits per heavy atom. The number of anilines is 1. The second-order valence-corrected chi connectivity index (χ2v) is 8.31. The van der Waals surface area contributed by atoms with Crippen LogP contribution in [-0.4, -0.2) is 45.8 Å². The minimum atomic E-state index is -0.365. The molecular formula is C20H24N6O2S2. The molecule has 0 bridgehead atoms. The number of aromatic nitrogens is 3. The Balaban J connectivity index is 1.42. The van der Waals surface area contributed by atoms with Gasteiger partial charge in [-0.05, 0) is 49.6 Å². The molecular weight excluding hydrogens is 420 g/mol. The van der Waals surface area contributed by atoms with Crippen molar-refractivity contribution >= 4 is 40.6 Å². The van der Waals surface area contributed by atoms with E-state index in [9.17, 15) is 9.59 Å². The van der Waals surface area contributed by atoms with Gasteiger partial charge in [-0.3, -0.25) is 25.5 Å². The first-order valence-electron chi connectivity index (χ1n) is 9.59. The van der Waals surface area contributed by atoms with E-state index >= 15 is 0 Å². The van der Waals surface area contributed by atoms with E-state index in [-0.39, 0.29) is 17.6 Å². The van der Waals surface area contributed by atoms with Gasteiger partial charge in [-0.15, -0.1) is 16.4 Å². The van der Waals surface area contributed by atoms with Crippen molar-refractivity contribution < 1.29 is 9.59 Å². The van der Waals surface area contributed by atoms with Crippen molar-refractivity contribution in [2.45, 2.75) is 25.4 Å². The van der Waals surface area contributed by atoms with Crippen molar-refractivity contribution in [3.05, 3.63) is 58.0 Å². The predicted octanol–water partition coefficient (Wildman–Crippen LogP) is 2.86. The van der Waals surface area contributed by atoms with Crippen molar-refractivity contribution in [3.63, 3.8) is 0 Å². The normalized spacial score (nSPS) is 10.6. The van der Waals surface area contributed by atoms with E-state index < -0.39 is 0 Å². The molecule has 0 radical (unpaired) electrons. The van der Waals surface area contributed by atoms with Gasteiger partial charge in [0.1, 0.15) is 5.82 Å². The van der Waals surface area contributed by atoms with Gasteiger partial charge in [-0.1, -0.05) is 17.8 Å². The van der Waals surface area contributed by atoms with Crippen LogP contribution in [0.5, 0.6) is 0 Å². The standard InChI is InChI=1S/C20H24N6O2S2/c1-3-26(4-2)15-9-7-14(8-10-15)19(28)24-23-18(27)13-30-20-21-17(22-25-20)12-16-6-5-11-29-16/h5-11H,3-4,12-13H2,1-2H3,(H,23,27)(H,24,28)(H,21,22,25). The number of amides is 2. The zero-order chi connectivity index (χ0) is 21.3. The summed E-state index contributed by atoms with van der Waals surface area (Å²) in [5.74, 6) is 0.146. The minimum Gasteiger partial charge on any atom is -0.372 e. The van der Waals surface area contributed by atoms with E-state index in [4.69, 9.17) is 0 Å². The molecule has 0 spiro atoms. The molecule has 8 nitrogen and oxygen atoms in total. The number of hydrogen-bond acceptors (Lipinski definition) is 7. The molecule has 0 aliphatic rings. The Kier molecular flexibility index (Phi) is 7.86. The third-order valence-corrected chi connectivity index (χ3v) is 6.06. The fraction of sp³-hybridized carbons (Fsp3) is 0.300. The third-order valence-electron chi connectivity index (χ3n) is 4.34. The molecule has 0 saturated heterocycles. The average molecular weight is 445 g/mol. The van der Waals surface area contributed by atoms with Crippen LogP contribution in [0.3, 0.4) is 0 Å². The molecule has 0 aliphatic heterocycles. The molecule has 10 heteroatoms. The third kappa shape index (κ3) is 6.07. The first kappa shape index (κ1) is 21.8. The molecule has 0 atom stereocenters. The number of carbonyl (C=O) groups excluding carboxylic acids is 2. The zero-order valence-corrected chi connectivity index (χ0v) is 18.5. The monoisotopic (exact) mass is 444 g/mol. The maximum Gasteiger partial charge on any atom is 0.269 e. The molecule has 30 heavy (non-hydrogen) atoms. The van der Waals surface area contributed by atoms with E-state index in [2.05, 4.69) is 44.8 Å². The number of thiophene rings is 1. The van der Waals surface area contributed by atoms with Crippen LogP contribution >= 0.6 is 23.1 Å². The molecule has 0 aliphatic carbocycles. The van der Waals surface area contributed by atoms with Gasteiger partial charge in [0.05, 0.1) is 5.75 Å². The van der Waals surface area contributed by atoms with E-state index in [0.717, 1.165) is 24.6 Å². The van der Waals surface area contributed by atoms with Crippen LogP contribution in [0.2, 0.25) is 0 Å². The summed E-state index contributed by atoms with van der Waals surface area (Å²) in [6, 6.07) is 11.3. The number of aromatic amines is 1. The molecule has 0 saturated carbocycles. The van der Waals surface area contributed by atoms with Crippen LogP contribution in [0.15, 0.2) is 46.9 Å². The highest BCUT2D eigenvalue weighted by Crippen LogP contribution is 2.16. The van der Waals surface area contributed by atoms with Gasteiger partial charge in [-0.2, -0.15) is 0 Å². The molecule has 3 N–H and O–H groups in total. The Morgan fingerprint density at radius 2 is 1.90 bits per heavy atom. The number of hydrazine groups is 1. The quantitative estimate of drug-likeness (QED) is 0.346. The Bertz CT molecular complexity index is 952. The van der Waals surface area contributed by atoms with Gasteiger partial charge in [0.2, 0.25) is 11.1 Å². The van der Waals surface area contributed by atoms with Crippen molar-refractivity contribution in [1.29, 1.82) is 0 Å². The maximum absolute atomic E-state index is 12.2. The van der Waals surface area contributed by atoms with Crippen LogP contribution < -0.4 is 15.8 Å². The summed E-state index contributed by atoms with van der Waals surface area (Å²) < 4.78 is 0. The molecule has 3 rings (SSSR count). The first-order chi connectivity index (χ1) is 14.6. The van der Waals surface area contributed by atoms with E-state index in [1.807, 2.05) is 29.6 Å². The summed E-state index contributed by atoms with van der Waals surface area (Å²) in [6.45, 7) is 5.97. The highest BCUT2D eigenvalue weighted by atomic mass is 32.2. The van der Waals surface area contributed by atoms with E-state index in [1.54, 1.807) is 23.5 Å². The van der Waals surface area contributed by atoms with Crippen molar-refractivity contribution in [1.82, 2.24) is 26.0 Å². The molecule has 0 unspecified atom stereocenters. The second-order valence-electron chi connectivity index (χ2n) is 6.33. The lowest BCUT2D eigenvalue weighted by Crippen LogP contribution is -2.42. The Hall–Kier alpha value is -2.85. The summed E-state index contributed by atoms with van der Waals surface area (Å²) in [4.78, 5) is 32.0. The lowest BCUT2D eigenvalue weighted by Gasteiger charge is -2.21. The molecule has 2 heterocycles. The number of hydrogen-bond donors (Lipinski definition) is 3. The van der Waals surface area contributed by atoms with Crippen molar-refractivity contribution in [2.75, 3.05) is 23.7 Å². The fourth-order valence-electron chi connectivity index (χ4n) is 2.78. The van der Waals surface area contributed by atoms with Crippen LogP contribution in [0.4, 0.5) is 5.69 Å². The maximum atomic E-state index is 12.2. The number of nitrogens with zero attached hydrogens (tertiary/aromatic N) is 3. The smallest absolute Gasteiger partial charge is 0.269 e. The summed E-state index contributed by atoms with van der Waals surface area (Å²) in [5, 5.41) is 9.50. The Morgan fingerprint density at radius 3 is 2.57 bits per heavy atom. The lowest BCUT2D eigenvalue weighted by atomic mass is 10.2. The van der Waals surface area contributed by atoms with Gasteiger partial charge in [-0.25, -0.2) is 4.98 Å². The van der Waals surface area contributed by atoms with Crippen LogP contribution in [0.25, 0.3) is 0 Å². The van der Waals surface area contributed by atoms with Gasteiger partial charge in [0.25, 0.3) is 5.91 Å². The van der Waals surface area contributed by atoms with Crippen molar-refractivity contribution in [2.24, 2.45) is 0 Å². The Labute approximate surface area is 183 Å². The number of carbonyl (C=O) groups is 2. The SMILES string of the molecule is CCN(CC)c1ccc(C(=O)NNC(=O)CSc2n[nH]c(Cc3cccs3)n2)cc1. The summed E-state index contributed by atoms with van der Waals surface area (Å²) >= 11 is 2.86. The number of thioether (sulfide) groups is 1. The molecule has 158 valence electrons. The van der Waals surface area contributed by atoms with E-state index in [1.165, 1.54) is 16.6 Å². The average Bonchev–Trinajstić information content (AvgIpc) is 3.44. The molecule has 3 aromatic rings. The molecule has 0 fully saturated rings. The number of benzene rings is 1. The molecule has 2 amide bonds. The summed E-state index contributed by atoms with van der Waals surface area (Å²) in [7, 11) is 0. The number of H-pyrrole nitrogens is 1. The van der Waals surface area contributed by atoms with Gasteiger partial charge < -0.3 is 4.90 Å². The largest absolute Gasteiger partial charge is 0.372 e. The predicted molar refractivity (Wildman–Crippen MR) is 120 cm³/mol. The van der Waals surface area contributed by atoms with Crippen molar-refractivity contribution in [3.8, 4) is 0 Å². The molecule has 1 aromatic carbocycles. The van der Waals surface area contributed by atoms with Gasteiger partial charge in [0.15, 0.2) is 0 Å². The van der Waals surface area contributed by atoms with Gasteiger partial charge in [0, 0.05) is 35.6 Å². The fourth-order valence-corrected chi connectivity index (χ4v) is 4.10. The minimum absolute atomic E-state index is 0.0947. The number of nitrogens with one attached hydrogen (secondary N) is 3. The lowest BCUT2D eigenvalue weighted by molar-refractivity contribution is -0.119. The summed E-state index contributed by atoms with van der Waals surface area (Å²) in [6.07, 6.45) is 0.681. The highest BCUT2D eigenvalue weighted by molar-refractivity contribution is 7.99. The molecule has 2 aromatic heterocycles. The highest BCUT2D eigenvalue weighted by Gasteiger charge is 2.11. The van der Waals surface area contributed by atoms with E-state index in [0.29, 0.717) is 17.1 Å². The summed E-state index contributed by atoms with van der Waals surface area (Å²) in [5.41, 5.74) is 6.39. The number of rotatable bonds is 9. The van der Waals surface area contributed by atoms with Crippen LogP contribution in [0, 0.1) is 0 Å². The van der Waals surface area contributed by atoms with Gasteiger partial charge >= 0.3 is 0 Å². The van der Waals surface area contributed by atoms with Crippen LogP contribution in [-0.2, 0) is 11.2 Å². The zero-order valence-electron chi connectivity index (χ0n) is 16.8.